The molecular weight excluding hydrogens is 300 g/mol. The minimum Gasteiger partial charge on any atom is -0.351 e. The van der Waals surface area contributed by atoms with E-state index in [1.54, 1.807) is 0 Å². The summed E-state index contributed by atoms with van der Waals surface area (Å²) in [6.07, 6.45) is 2.51. The molecule has 24 heavy (non-hydrogen) atoms. The van der Waals surface area contributed by atoms with Crippen LogP contribution < -0.4 is 5.32 Å². The number of aryl methyl sites for hydroxylation is 2. The summed E-state index contributed by atoms with van der Waals surface area (Å²) in [7, 11) is 0. The number of amides is 1. The van der Waals surface area contributed by atoms with Crippen LogP contribution in [0.25, 0.3) is 0 Å². The molecule has 1 heterocycles. The lowest BCUT2D eigenvalue weighted by Crippen LogP contribution is -2.45. The van der Waals surface area contributed by atoms with E-state index in [0.717, 1.165) is 23.4 Å². The molecule has 5 heteroatoms. The molecule has 1 rings (SSSR count). The van der Waals surface area contributed by atoms with E-state index in [9.17, 15) is 4.79 Å². The zero-order valence-electron chi connectivity index (χ0n) is 16.3. The monoisotopic (exact) mass is 332 g/mol. The normalized spacial score (nSPS) is 12.1. The molecule has 134 valence electrons. The molecule has 0 spiro atoms. The molecule has 0 radical (unpaired) electrons. The number of aromatic nitrogens is 2. The first-order chi connectivity index (χ1) is 10.9. The maximum Gasteiger partial charge on any atom is 0.220 e. The molecule has 0 aliphatic heterocycles. The first kappa shape index (κ1) is 20.2. The summed E-state index contributed by atoms with van der Waals surface area (Å²) in [5.74, 6) is 0.0767. The molecule has 1 amide bonds. The summed E-state index contributed by atoms with van der Waals surface area (Å²) in [5, 5.41) is 16.4. The van der Waals surface area contributed by atoms with Crippen LogP contribution >= 0.6 is 0 Å². The second-order valence-corrected chi connectivity index (χ2v) is 8.45. The predicted octanol–water partition coefficient (Wildman–Crippen LogP) is 3.68. The van der Waals surface area contributed by atoms with Gasteiger partial charge in [0.25, 0.3) is 0 Å². The van der Waals surface area contributed by atoms with Crippen LogP contribution in [0, 0.1) is 30.6 Å². The molecule has 5 nitrogen and oxygen atoms in total. The van der Waals surface area contributed by atoms with Crippen molar-refractivity contribution in [2.45, 2.75) is 86.2 Å². The summed E-state index contributed by atoms with van der Waals surface area (Å²) < 4.78 is 1.87. The number of carbonyl (C=O) groups excluding carboxylic acids is 1. The topological polar surface area (TPSA) is 70.7 Å². The Labute approximate surface area is 146 Å². The summed E-state index contributed by atoms with van der Waals surface area (Å²) >= 11 is 0. The van der Waals surface area contributed by atoms with Crippen LogP contribution in [0.3, 0.4) is 0 Å². The quantitative estimate of drug-likeness (QED) is 0.828. The van der Waals surface area contributed by atoms with E-state index in [-0.39, 0.29) is 16.9 Å². The van der Waals surface area contributed by atoms with E-state index in [0.29, 0.717) is 25.8 Å². The van der Waals surface area contributed by atoms with Crippen molar-refractivity contribution in [1.82, 2.24) is 15.1 Å². The van der Waals surface area contributed by atoms with Gasteiger partial charge < -0.3 is 5.32 Å². The lowest BCUT2D eigenvalue weighted by Gasteiger charge is -2.33. The van der Waals surface area contributed by atoms with E-state index in [2.05, 4.69) is 51.1 Å². The number of nitrogens with one attached hydrogen (secondary N) is 1. The van der Waals surface area contributed by atoms with Gasteiger partial charge in [-0.3, -0.25) is 9.48 Å². The Bertz CT molecular complexity index is 615. The Hall–Kier alpha value is -1.83. The van der Waals surface area contributed by atoms with Gasteiger partial charge in [0, 0.05) is 17.7 Å². The molecule has 0 saturated carbocycles. The molecular formula is C19H32N4O. The van der Waals surface area contributed by atoms with Crippen LogP contribution in [-0.4, -0.2) is 21.2 Å². The molecule has 0 aliphatic rings. The third-order valence-electron chi connectivity index (χ3n) is 4.02. The third kappa shape index (κ3) is 6.35. The van der Waals surface area contributed by atoms with Crippen molar-refractivity contribution in [3.8, 4) is 6.07 Å². The third-order valence-corrected chi connectivity index (χ3v) is 4.02. The summed E-state index contributed by atoms with van der Waals surface area (Å²) in [5.41, 5.74) is 3.09. The van der Waals surface area contributed by atoms with Crippen molar-refractivity contribution in [2.75, 3.05) is 0 Å². The molecule has 0 unspecified atom stereocenters. The van der Waals surface area contributed by atoms with Crippen molar-refractivity contribution >= 4 is 5.91 Å². The van der Waals surface area contributed by atoms with E-state index in [4.69, 9.17) is 5.26 Å². The average Bonchev–Trinajstić information content (AvgIpc) is 2.65. The standard InChI is InChI=1S/C19H32N4O/c1-14-16(15(2)23(22-14)12-8-11-20)9-10-17(24)21-19(6,7)13-18(3,4)5/h8-10,12-13H2,1-7H3,(H,21,24). The van der Waals surface area contributed by atoms with E-state index >= 15 is 0 Å². The smallest absolute Gasteiger partial charge is 0.220 e. The van der Waals surface area contributed by atoms with E-state index in [1.807, 2.05) is 18.5 Å². The van der Waals surface area contributed by atoms with Gasteiger partial charge in [0.15, 0.2) is 0 Å². The van der Waals surface area contributed by atoms with Gasteiger partial charge in [-0.25, -0.2) is 0 Å². The number of hydrogen-bond donors (Lipinski definition) is 1. The van der Waals surface area contributed by atoms with Crippen molar-refractivity contribution < 1.29 is 4.79 Å². The van der Waals surface area contributed by atoms with Crippen LogP contribution in [-0.2, 0) is 17.8 Å². The van der Waals surface area contributed by atoms with Gasteiger partial charge >= 0.3 is 0 Å². The summed E-state index contributed by atoms with van der Waals surface area (Å²) in [6.45, 7) is 15.3. The fraction of sp³-hybridized carbons (Fsp3) is 0.737. The summed E-state index contributed by atoms with van der Waals surface area (Å²) in [6, 6.07) is 2.14. The molecule has 0 atom stereocenters. The fourth-order valence-corrected chi connectivity index (χ4v) is 3.52. The van der Waals surface area contributed by atoms with E-state index < -0.39 is 0 Å². The van der Waals surface area contributed by atoms with Gasteiger partial charge in [-0.05, 0) is 51.5 Å². The average molecular weight is 332 g/mol. The number of rotatable bonds is 7. The molecule has 0 aliphatic carbocycles. The Morgan fingerprint density at radius 1 is 1.25 bits per heavy atom. The Morgan fingerprint density at radius 3 is 2.42 bits per heavy atom. The molecule has 0 fully saturated rings. The minimum atomic E-state index is -0.212. The maximum atomic E-state index is 12.3. The van der Waals surface area contributed by atoms with Crippen molar-refractivity contribution in [3.63, 3.8) is 0 Å². The molecule has 0 saturated heterocycles. The Morgan fingerprint density at radius 2 is 1.88 bits per heavy atom. The number of carbonyl (C=O) groups is 1. The van der Waals surface area contributed by atoms with Gasteiger partial charge in [-0.2, -0.15) is 10.4 Å². The SMILES string of the molecule is Cc1nn(CCC#N)c(C)c1CCC(=O)NC(C)(C)CC(C)(C)C. The number of hydrogen-bond acceptors (Lipinski definition) is 3. The lowest BCUT2D eigenvalue weighted by molar-refractivity contribution is -0.122. The van der Waals surface area contributed by atoms with Gasteiger partial charge in [0.1, 0.15) is 0 Å². The molecule has 0 aromatic carbocycles. The van der Waals surface area contributed by atoms with Crippen LogP contribution in [0.5, 0.6) is 0 Å². The zero-order valence-corrected chi connectivity index (χ0v) is 16.3. The molecule has 0 bridgehead atoms. The van der Waals surface area contributed by atoms with Gasteiger partial charge in [0.2, 0.25) is 5.91 Å². The lowest BCUT2D eigenvalue weighted by atomic mass is 9.81. The molecule has 1 aromatic rings. The second-order valence-electron chi connectivity index (χ2n) is 8.45. The largest absolute Gasteiger partial charge is 0.351 e. The highest BCUT2D eigenvalue weighted by Gasteiger charge is 2.27. The Balaban J connectivity index is 2.65. The predicted molar refractivity (Wildman–Crippen MR) is 96.5 cm³/mol. The van der Waals surface area contributed by atoms with Crippen LogP contribution in [0.15, 0.2) is 0 Å². The maximum absolute atomic E-state index is 12.3. The second kappa shape index (κ2) is 7.83. The first-order valence-corrected chi connectivity index (χ1v) is 8.66. The molecule has 1 aromatic heterocycles. The van der Waals surface area contributed by atoms with Gasteiger partial charge in [0.05, 0.1) is 24.7 Å². The van der Waals surface area contributed by atoms with Crippen molar-refractivity contribution in [1.29, 1.82) is 5.26 Å². The van der Waals surface area contributed by atoms with Crippen LogP contribution in [0.1, 0.15) is 70.8 Å². The van der Waals surface area contributed by atoms with E-state index in [1.165, 1.54) is 0 Å². The van der Waals surface area contributed by atoms with Crippen LogP contribution in [0.4, 0.5) is 0 Å². The summed E-state index contributed by atoms with van der Waals surface area (Å²) in [4.78, 5) is 12.3. The highest BCUT2D eigenvalue weighted by molar-refractivity contribution is 5.77. The Kier molecular flexibility index (Phi) is 6.59. The zero-order chi connectivity index (χ0) is 18.5. The van der Waals surface area contributed by atoms with Crippen LogP contribution in [0.2, 0.25) is 0 Å². The number of nitriles is 1. The molecule has 1 N–H and O–H groups in total. The highest BCUT2D eigenvalue weighted by atomic mass is 16.1. The van der Waals surface area contributed by atoms with Crippen molar-refractivity contribution in [3.05, 3.63) is 17.0 Å². The highest BCUT2D eigenvalue weighted by Crippen LogP contribution is 2.27. The van der Waals surface area contributed by atoms with Gasteiger partial charge in [-0.15, -0.1) is 0 Å². The first-order valence-electron chi connectivity index (χ1n) is 8.66. The van der Waals surface area contributed by atoms with Crippen molar-refractivity contribution in [2.24, 2.45) is 5.41 Å². The fourth-order valence-electron chi connectivity index (χ4n) is 3.52. The van der Waals surface area contributed by atoms with Gasteiger partial charge in [-0.1, -0.05) is 20.8 Å². The minimum absolute atomic E-state index is 0.0767. The number of nitrogens with zero attached hydrogens (tertiary/aromatic N) is 3.